The summed E-state index contributed by atoms with van der Waals surface area (Å²) in [5, 5.41) is 0.999. The standard InChI is InChI=1S/C6H7F3OS2/c1-10-2-4(3-11)5(12)6(7,8)9/h3,11H,2H2,1H3/b4-3+. The van der Waals surface area contributed by atoms with Crippen molar-refractivity contribution < 1.29 is 17.9 Å². The molecule has 0 atom stereocenters. The second-order valence-corrected chi connectivity index (χ2v) is 2.58. The van der Waals surface area contributed by atoms with E-state index in [0.717, 1.165) is 5.41 Å². The summed E-state index contributed by atoms with van der Waals surface area (Å²) >= 11 is 7.75. The van der Waals surface area contributed by atoms with E-state index in [1.54, 1.807) is 0 Å². The highest BCUT2D eigenvalue weighted by atomic mass is 32.1. The van der Waals surface area contributed by atoms with Crippen molar-refractivity contribution in [1.29, 1.82) is 0 Å². The lowest BCUT2D eigenvalue weighted by molar-refractivity contribution is -0.0562. The van der Waals surface area contributed by atoms with Gasteiger partial charge in [-0.05, 0) is 5.41 Å². The molecule has 0 heterocycles. The molecule has 0 aromatic rings. The lowest BCUT2D eigenvalue weighted by atomic mass is 10.2. The molecule has 0 unspecified atom stereocenters. The van der Waals surface area contributed by atoms with E-state index in [1.165, 1.54) is 7.11 Å². The minimum atomic E-state index is -4.48. The zero-order chi connectivity index (χ0) is 9.78. The molecule has 0 aliphatic heterocycles. The predicted octanol–water partition coefficient (Wildman–Crippen LogP) is 2.38. The van der Waals surface area contributed by atoms with Gasteiger partial charge < -0.3 is 4.74 Å². The fraction of sp³-hybridized carbons (Fsp3) is 0.500. The highest BCUT2D eigenvalue weighted by molar-refractivity contribution is 7.84. The van der Waals surface area contributed by atoms with Crippen LogP contribution in [0.2, 0.25) is 0 Å². The number of ether oxygens (including phenoxy) is 1. The number of halogens is 3. The van der Waals surface area contributed by atoms with Gasteiger partial charge in [-0.25, -0.2) is 0 Å². The molecule has 12 heavy (non-hydrogen) atoms. The molecule has 0 spiro atoms. The van der Waals surface area contributed by atoms with Gasteiger partial charge in [-0.3, -0.25) is 0 Å². The van der Waals surface area contributed by atoms with Crippen LogP contribution in [0.15, 0.2) is 11.0 Å². The molecule has 0 radical (unpaired) electrons. The van der Waals surface area contributed by atoms with Gasteiger partial charge in [0.1, 0.15) is 4.86 Å². The molecule has 0 rings (SSSR count). The maximum Gasteiger partial charge on any atom is 0.426 e. The van der Waals surface area contributed by atoms with Gasteiger partial charge in [0.15, 0.2) is 0 Å². The molecular weight excluding hydrogens is 209 g/mol. The van der Waals surface area contributed by atoms with Crippen LogP contribution in [-0.4, -0.2) is 24.8 Å². The Morgan fingerprint density at radius 3 is 2.33 bits per heavy atom. The highest BCUT2D eigenvalue weighted by Crippen LogP contribution is 2.22. The Morgan fingerprint density at radius 1 is 1.58 bits per heavy atom. The van der Waals surface area contributed by atoms with Crippen molar-refractivity contribution in [3.63, 3.8) is 0 Å². The van der Waals surface area contributed by atoms with E-state index in [4.69, 9.17) is 0 Å². The second-order valence-electron chi connectivity index (χ2n) is 1.91. The third-order valence-corrected chi connectivity index (χ3v) is 1.81. The quantitative estimate of drug-likeness (QED) is 0.440. The van der Waals surface area contributed by atoms with E-state index in [-0.39, 0.29) is 12.2 Å². The van der Waals surface area contributed by atoms with Crippen molar-refractivity contribution in [2.24, 2.45) is 0 Å². The van der Waals surface area contributed by atoms with Crippen molar-refractivity contribution in [2.45, 2.75) is 6.18 Å². The molecule has 6 heteroatoms. The van der Waals surface area contributed by atoms with Crippen molar-refractivity contribution in [2.75, 3.05) is 13.7 Å². The van der Waals surface area contributed by atoms with E-state index >= 15 is 0 Å². The minimum absolute atomic E-state index is 0.136. The molecule has 0 saturated carbocycles. The summed E-state index contributed by atoms with van der Waals surface area (Å²) in [6.45, 7) is -0.179. The Kier molecular flexibility index (Phi) is 4.81. The van der Waals surface area contributed by atoms with Crippen LogP contribution in [0.5, 0.6) is 0 Å². The molecular formula is C6H7F3OS2. The average molecular weight is 216 g/mol. The Labute approximate surface area is 79.0 Å². The number of thiocarbonyl (C=S) groups is 1. The van der Waals surface area contributed by atoms with Gasteiger partial charge in [0.25, 0.3) is 0 Å². The number of thiol groups is 1. The first-order valence-electron chi connectivity index (χ1n) is 2.87. The van der Waals surface area contributed by atoms with Crippen LogP contribution in [-0.2, 0) is 4.74 Å². The van der Waals surface area contributed by atoms with Gasteiger partial charge in [-0.2, -0.15) is 25.8 Å². The van der Waals surface area contributed by atoms with Crippen LogP contribution in [0.3, 0.4) is 0 Å². The first-order chi connectivity index (χ1) is 5.43. The van der Waals surface area contributed by atoms with Crippen LogP contribution in [0.25, 0.3) is 0 Å². The monoisotopic (exact) mass is 216 g/mol. The normalized spacial score (nSPS) is 13.2. The predicted molar refractivity (Wildman–Crippen MR) is 47.6 cm³/mol. The van der Waals surface area contributed by atoms with E-state index in [0.29, 0.717) is 0 Å². The summed E-state index contributed by atoms with van der Waals surface area (Å²) in [5.41, 5.74) is -0.136. The van der Waals surface area contributed by atoms with Crippen LogP contribution in [0.1, 0.15) is 0 Å². The Hall–Kier alpha value is -0.0700. The van der Waals surface area contributed by atoms with Crippen LogP contribution in [0, 0.1) is 0 Å². The van der Waals surface area contributed by atoms with Crippen molar-refractivity contribution >= 4 is 29.7 Å². The van der Waals surface area contributed by atoms with Gasteiger partial charge in [0.2, 0.25) is 0 Å². The highest BCUT2D eigenvalue weighted by Gasteiger charge is 2.35. The number of alkyl halides is 3. The molecule has 0 aromatic carbocycles. The van der Waals surface area contributed by atoms with E-state index in [2.05, 4.69) is 29.6 Å². The average Bonchev–Trinajstić information content (AvgIpc) is 1.97. The third kappa shape index (κ3) is 3.55. The van der Waals surface area contributed by atoms with Crippen LogP contribution >= 0.6 is 24.8 Å². The van der Waals surface area contributed by atoms with Gasteiger partial charge in [-0.1, -0.05) is 12.2 Å². The lowest BCUT2D eigenvalue weighted by Gasteiger charge is -2.10. The number of methoxy groups -OCH3 is 1. The molecule has 0 aliphatic carbocycles. The minimum Gasteiger partial charge on any atom is -0.380 e. The zero-order valence-electron chi connectivity index (χ0n) is 6.18. The maximum absolute atomic E-state index is 11.9. The smallest absolute Gasteiger partial charge is 0.380 e. The molecule has 0 fully saturated rings. The van der Waals surface area contributed by atoms with Crippen LogP contribution in [0.4, 0.5) is 13.2 Å². The molecule has 0 amide bonds. The fourth-order valence-electron chi connectivity index (χ4n) is 0.499. The molecule has 0 bridgehead atoms. The lowest BCUT2D eigenvalue weighted by Crippen LogP contribution is -2.24. The maximum atomic E-state index is 11.9. The summed E-state index contributed by atoms with van der Waals surface area (Å²) < 4.78 is 40.3. The second kappa shape index (κ2) is 4.84. The Bertz CT molecular complexity index is 197. The molecule has 70 valence electrons. The van der Waals surface area contributed by atoms with Crippen molar-refractivity contribution in [3.05, 3.63) is 11.0 Å². The van der Waals surface area contributed by atoms with Gasteiger partial charge >= 0.3 is 6.18 Å². The number of hydrogen-bond donors (Lipinski definition) is 1. The molecule has 1 nitrogen and oxygen atoms in total. The first kappa shape index (κ1) is 11.9. The molecule has 0 saturated heterocycles. The van der Waals surface area contributed by atoms with E-state index < -0.39 is 11.0 Å². The summed E-state index contributed by atoms with van der Waals surface area (Å²) in [4.78, 5) is -1.08. The number of rotatable bonds is 3. The first-order valence-corrected chi connectivity index (χ1v) is 3.79. The van der Waals surface area contributed by atoms with E-state index in [9.17, 15) is 13.2 Å². The summed E-state index contributed by atoms with van der Waals surface area (Å²) in [6, 6.07) is 0. The Balaban J connectivity index is 4.45. The molecule has 0 N–H and O–H groups in total. The summed E-state index contributed by atoms with van der Waals surface area (Å²) in [7, 11) is 1.29. The van der Waals surface area contributed by atoms with Gasteiger partial charge in [-0.15, -0.1) is 0 Å². The van der Waals surface area contributed by atoms with Crippen molar-refractivity contribution in [3.8, 4) is 0 Å². The van der Waals surface area contributed by atoms with Gasteiger partial charge in [0, 0.05) is 12.7 Å². The topological polar surface area (TPSA) is 9.23 Å². The van der Waals surface area contributed by atoms with Crippen LogP contribution < -0.4 is 0 Å². The number of hydrogen-bond acceptors (Lipinski definition) is 3. The molecule has 0 aromatic heterocycles. The van der Waals surface area contributed by atoms with E-state index in [1.807, 2.05) is 0 Å². The Morgan fingerprint density at radius 2 is 2.08 bits per heavy atom. The van der Waals surface area contributed by atoms with Gasteiger partial charge in [0.05, 0.1) is 6.61 Å². The third-order valence-electron chi connectivity index (χ3n) is 1.00. The zero-order valence-corrected chi connectivity index (χ0v) is 7.89. The molecule has 0 aliphatic rings. The summed E-state index contributed by atoms with van der Waals surface area (Å²) in [6.07, 6.45) is -4.48. The largest absolute Gasteiger partial charge is 0.426 e. The fourth-order valence-corrected chi connectivity index (χ4v) is 0.908. The van der Waals surface area contributed by atoms with Crippen molar-refractivity contribution in [1.82, 2.24) is 0 Å². The summed E-state index contributed by atoms with van der Waals surface area (Å²) in [5.74, 6) is 0. The SMILES string of the molecule is COC/C(=C\S)C(=S)C(F)(F)F.